The van der Waals surface area contributed by atoms with E-state index in [-0.39, 0.29) is 6.04 Å². The minimum atomic E-state index is 0.283. The molecule has 88 valence electrons. The van der Waals surface area contributed by atoms with Crippen LogP contribution in [0.25, 0.3) is 0 Å². The van der Waals surface area contributed by atoms with Crippen molar-refractivity contribution in [2.24, 2.45) is 0 Å². The number of anilines is 1. The van der Waals surface area contributed by atoms with Crippen molar-refractivity contribution in [1.29, 1.82) is 0 Å². The summed E-state index contributed by atoms with van der Waals surface area (Å²) < 4.78 is 0. The van der Waals surface area contributed by atoms with Gasteiger partial charge in [-0.3, -0.25) is 0 Å². The van der Waals surface area contributed by atoms with Gasteiger partial charge in [0.1, 0.15) is 12.1 Å². The minimum absolute atomic E-state index is 0.283. The summed E-state index contributed by atoms with van der Waals surface area (Å²) in [6.07, 6.45) is 5.89. The summed E-state index contributed by atoms with van der Waals surface area (Å²) >= 11 is 0. The molecular weight excluding hydrogens is 214 g/mol. The third kappa shape index (κ3) is 3.45. The van der Waals surface area contributed by atoms with Gasteiger partial charge >= 0.3 is 0 Å². The standard InChI is InChI=1S/C13H15N3O/c1-10(16-12-7-14-9-15-8-12)6-11-2-4-13(17)5-3-11/h2-5,7-10,16-17H,6H2,1H3. The van der Waals surface area contributed by atoms with Crippen LogP contribution in [0.5, 0.6) is 5.75 Å². The summed E-state index contributed by atoms with van der Waals surface area (Å²) in [4.78, 5) is 7.90. The molecule has 0 spiro atoms. The second kappa shape index (κ2) is 5.30. The first-order valence-electron chi connectivity index (χ1n) is 5.53. The Morgan fingerprint density at radius 3 is 2.47 bits per heavy atom. The summed E-state index contributed by atoms with van der Waals surface area (Å²) in [5, 5.41) is 12.5. The number of benzene rings is 1. The van der Waals surface area contributed by atoms with Gasteiger partial charge in [-0.2, -0.15) is 0 Å². The maximum atomic E-state index is 9.19. The lowest BCUT2D eigenvalue weighted by atomic mass is 10.1. The summed E-state index contributed by atoms with van der Waals surface area (Å²) in [6.45, 7) is 2.10. The predicted molar refractivity (Wildman–Crippen MR) is 66.9 cm³/mol. The van der Waals surface area contributed by atoms with Gasteiger partial charge in [0.2, 0.25) is 0 Å². The highest BCUT2D eigenvalue weighted by Crippen LogP contribution is 2.13. The number of aromatic hydroxyl groups is 1. The Bertz CT molecular complexity index is 456. The zero-order valence-electron chi connectivity index (χ0n) is 9.67. The zero-order valence-corrected chi connectivity index (χ0v) is 9.67. The Hall–Kier alpha value is -2.10. The van der Waals surface area contributed by atoms with Crippen LogP contribution in [-0.2, 0) is 6.42 Å². The van der Waals surface area contributed by atoms with E-state index < -0.39 is 0 Å². The first-order chi connectivity index (χ1) is 8.24. The van der Waals surface area contributed by atoms with Gasteiger partial charge in [-0.15, -0.1) is 0 Å². The highest BCUT2D eigenvalue weighted by atomic mass is 16.3. The van der Waals surface area contributed by atoms with Crippen molar-refractivity contribution in [1.82, 2.24) is 9.97 Å². The molecule has 2 rings (SSSR count). The van der Waals surface area contributed by atoms with Gasteiger partial charge in [-0.05, 0) is 31.0 Å². The Morgan fingerprint density at radius 2 is 1.82 bits per heavy atom. The summed E-state index contributed by atoms with van der Waals surface area (Å²) in [6, 6.07) is 7.54. The van der Waals surface area contributed by atoms with Crippen molar-refractivity contribution in [3.63, 3.8) is 0 Å². The van der Waals surface area contributed by atoms with Gasteiger partial charge in [0.05, 0.1) is 18.1 Å². The fraction of sp³-hybridized carbons (Fsp3) is 0.231. The molecular formula is C13H15N3O. The Labute approximate surface area is 100 Å². The summed E-state index contributed by atoms with van der Waals surface area (Å²) in [5.74, 6) is 0.297. The topological polar surface area (TPSA) is 58.0 Å². The molecule has 0 aliphatic rings. The SMILES string of the molecule is CC(Cc1ccc(O)cc1)Nc1cncnc1. The van der Waals surface area contributed by atoms with Crippen LogP contribution >= 0.6 is 0 Å². The summed E-state index contributed by atoms with van der Waals surface area (Å²) in [5.41, 5.74) is 2.10. The van der Waals surface area contributed by atoms with Crippen molar-refractivity contribution in [3.8, 4) is 5.75 Å². The molecule has 1 aromatic heterocycles. The normalized spacial score (nSPS) is 12.1. The molecule has 0 fully saturated rings. The van der Waals surface area contributed by atoms with Crippen molar-refractivity contribution in [2.75, 3.05) is 5.32 Å². The molecule has 0 bridgehead atoms. The average molecular weight is 229 g/mol. The van der Waals surface area contributed by atoms with Crippen LogP contribution in [0.1, 0.15) is 12.5 Å². The Balaban J connectivity index is 1.93. The van der Waals surface area contributed by atoms with Gasteiger partial charge in [-0.25, -0.2) is 9.97 Å². The van der Waals surface area contributed by atoms with Gasteiger partial charge in [-0.1, -0.05) is 12.1 Å². The maximum absolute atomic E-state index is 9.19. The Kier molecular flexibility index (Phi) is 3.55. The maximum Gasteiger partial charge on any atom is 0.115 e. The van der Waals surface area contributed by atoms with Crippen LogP contribution < -0.4 is 5.32 Å². The number of nitrogens with zero attached hydrogens (tertiary/aromatic N) is 2. The first-order valence-corrected chi connectivity index (χ1v) is 5.53. The molecule has 17 heavy (non-hydrogen) atoms. The molecule has 4 heteroatoms. The van der Waals surface area contributed by atoms with E-state index in [0.717, 1.165) is 12.1 Å². The average Bonchev–Trinajstić information content (AvgIpc) is 2.33. The van der Waals surface area contributed by atoms with Crippen LogP contribution in [0.4, 0.5) is 5.69 Å². The fourth-order valence-electron chi connectivity index (χ4n) is 1.69. The molecule has 0 aliphatic heterocycles. The number of phenolic OH excluding ortho intramolecular Hbond substituents is 1. The molecule has 1 aromatic carbocycles. The predicted octanol–water partition coefficient (Wildman–Crippen LogP) is 2.23. The largest absolute Gasteiger partial charge is 0.508 e. The third-order valence-electron chi connectivity index (χ3n) is 2.45. The van der Waals surface area contributed by atoms with Crippen LogP contribution in [0.3, 0.4) is 0 Å². The number of hydrogen-bond acceptors (Lipinski definition) is 4. The number of hydrogen-bond donors (Lipinski definition) is 2. The van der Waals surface area contributed by atoms with E-state index in [4.69, 9.17) is 0 Å². The lowest BCUT2D eigenvalue weighted by molar-refractivity contribution is 0.475. The molecule has 0 amide bonds. The fourth-order valence-corrected chi connectivity index (χ4v) is 1.69. The van der Waals surface area contributed by atoms with E-state index >= 15 is 0 Å². The number of phenols is 1. The molecule has 2 aromatic rings. The molecule has 2 N–H and O–H groups in total. The lowest BCUT2D eigenvalue weighted by Gasteiger charge is -2.14. The van der Waals surface area contributed by atoms with E-state index in [2.05, 4.69) is 22.2 Å². The highest BCUT2D eigenvalue weighted by Gasteiger charge is 2.03. The van der Waals surface area contributed by atoms with E-state index in [9.17, 15) is 5.11 Å². The highest BCUT2D eigenvalue weighted by molar-refractivity contribution is 5.38. The minimum Gasteiger partial charge on any atom is -0.508 e. The van der Waals surface area contributed by atoms with Crippen molar-refractivity contribution < 1.29 is 5.11 Å². The van der Waals surface area contributed by atoms with Crippen LogP contribution in [0.2, 0.25) is 0 Å². The smallest absolute Gasteiger partial charge is 0.115 e. The van der Waals surface area contributed by atoms with Gasteiger partial charge in [0.25, 0.3) is 0 Å². The second-order valence-electron chi connectivity index (χ2n) is 4.04. The van der Waals surface area contributed by atoms with Crippen LogP contribution in [0.15, 0.2) is 43.0 Å². The van der Waals surface area contributed by atoms with E-state index in [1.165, 1.54) is 11.9 Å². The van der Waals surface area contributed by atoms with Crippen molar-refractivity contribution in [2.45, 2.75) is 19.4 Å². The molecule has 0 radical (unpaired) electrons. The van der Waals surface area contributed by atoms with Crippen LogP contribution in [0, 0.1) is 0 Å². The van der Waals surface area contributed by atoms with E-state index in [1.54, 1.807) is 24.5 Å². The number of aromatic nitrogens is 2. The third-order valence-corrected chi connectivity index (χ3v) is 2.45. The lowest BCUT2D eigenvalue weighted by Crippen LogP contribution is -2.18. The zero-order chi connectivity index (χ0) is 12.1. The summed E-state index contributed by atoms with van der Waals surface area (Å²) in [7, 11) is 0. The molecule has 4 nitrogen and oxygen atoms in total. The molecule has 0 saturated carbocycles. The molecule has 1 unspecified atom stereocenters. The van der Waals surface area contributed by atoms with E-state index in [1.807, 2.05) is 12.1 Å². The number of nitrogens with one attached hydrogen (secondary N) is 1. The van der Waals surface area contributed by atoms with E-state index in [0.29, 0.717) is 5.75 Å². The van der Waals surface area contributed by atoms with Gasteiger partial charge in [0, 0.05) is 6.04 Å². The molecule has 1 heterocycles. The van der Waals surface area contributed by atoms with Crippen molar-refractivity contribution >= 4 is 5.69 Å². The molecule has 0 aliphatic carbocycles. The Morgan fingerprint density at radius 1 is 1.18 bits per heavy atom. The van der Waals surface area contributed by atoms with Crippen molar-refractivity contribution in [3.05, 3.63) is 48.5 Å². The quantitative estimate of drug-likeness (QED) is 0.844. The van der Waals surface area contributed by atoms with Crippen LogP contribution in [-0.4, -0.2) is 21.1 Å². The van der Waals surface area contributed by atoms with Gasteiger partial charge in [0.15, 0.2) is 0 Å². The molecule has 1 atom stereocenters. The number of rotatable bonds is 4. The second-order valence-corrected chi connectivity index (χ2v) is 4.04. The van der Waals surface area contributed by atoms with Gasteiger partial charge < -0.3 is 10.4 Å². The monoisotopic (exact) mass is 229 g/mol. The first kappa shape index (κ1) is 11.4. The molecule has 0 saturated heterocycles.